The van der Waals surface area contributed by atoms with Crippen molar-refractivity contribution < 1.29 is 23.4 Å². The SMILES string of the molecule is CCC(O)CNS(=O)(=O)c1ccc(CCC(=O)O)cc1. The molecule has 0 heterocycles. The highest BCUT2D eigenvalue weighted by atomic mass is 32.2. The fourth-order valence-electron chi connectivity index (χ4n) is 1.52. The molecule has 0 aliphatic heterocycles. The van der Waals surface area contributed by atoms with Crippen LogP contribution in [0.5, 0.6) is 0 Å². The first-order valence-electron chi connectivity index (χ1n) is 6.33. The van der Waals surface area contributed by atoms with E-state index in [-0.39, 0.29) is 17.9 Å². The topological polar surface area (TPSA) is 104 Å². The Balaban J connectivity index is 2.69. The monoisotopic (exact) mass is 301 g/mol. The van der Waals surface area contributed by atoms with Gasteiger partial charge in [0.25, 0.3) is 0 Å². The lowest BCUT2D eigenvalue weighted by atomic mass is 10.1. The van der Waals surface area contributed by atoms with Crippen molar-refractivity contribution in [2.24, 2.45) is 0 Å². The molecule has 0 bridgehead atoms. The molecule has 1 aromatic rings. The number of aliphatic carboxylic acids is 1. The summed E-state index contributed by atoms with van der Waals surface area (Å²) in [6.07, 6.45) is 0.126. The largest absolute Gasteiger partial charge is 0.481 e. The van der Waals surface area contributed by atoms with E-state index in [1.54, 1.807) is 19.1 Å². The summed E-state index contributed by atoms with van der Waals surface area (Å²) in [5.41, 5.74) is 0.764. The molecule has 6 nitrogen and oxygen atoms in total. The van der Waals surface area contributed by atoms with E-state index in [0.717, 1.165) is 5.56 Å². The van der Waals surface area contributed by atoms with Gasteiger partial charge < -0.3 is 10.2 Å². The van der Waals surface area contributed by atoms with Gasteiger partial charge in [-0.3, -0.25) is 4.79 Å². The van der Waals surface area contributed by atoms with Crippen LogP contribution in [-0.4, -0.2) is 37.2 Å². The molecular formula is C13H19NO5S. The van der Waals surface area contributed by atoms with Crippen molar-refractivity contribution in [2.45, 2.75) is 37.2 Å². The van der Waals surface area contributed by atoms with Gasteiger partial charge in [-0.25, -0.2) is 13.1 Å². The molecule has 1 rings (SSSR count). The first-order chi connectivity index (χ1) is 9.35. The predicted molar refractivity (Wildman–Crippen MR) is 73.9 cm³/mol. The van der Waals surface area contributed by atoms with Crippen molar-refractivity contribution in [3.05, 3.63) is 29.8 Å². The lowest BCUT2D eigenvalue weighted by Crippen LogP contribution is -2.31. The number of carboxylic acids is 1. The second-order valence-corrected chi connectivity index (χ2v) is 6.22. The lowest BCUT2D eigenvalue weighted by molar-refractivity contribution is -0.136. The van der Waals surface area contributed by atoms with Crippen LogP contribution < -0.4 is 4.72 Å². The number of carbonyl (C=O) groups is 1. The Kier molecular flexibility index (Phi) is 6.12. The minimum Gasteiger partial charge on any atom is -0.481 e. The first-order valence-corrected chi connectivity index (χ1v) is 7.82. The molecule has 7 heteroatoms. The summed E-state index contributed by atoms with van der Waals surface area (Å²) < 4.78 is 26.2. The van der Waals surface area contributed by atoms with Crippen molar-refractivity contribution >= 4 is 16.0 Å². The van der Waals surface area contributed by atoms with Gasteiger partial charge in [0.2, 0.25) is 10.0 Å². The molecule has 0 fully saturated rings. The maximum Gasteiger partial charge on any atom is 0.303 e. The molecule has 3 N–H and O–H groups in total. The van der Waals surface area contributed by atoms with Crippen LogP contribution in [0.15, 0.2) is 29.2 Å². The molecule has 1 unspecified atom stereocenters. The third-order valence-corrected chi connectivity index (χ3v) is 4.28. The molecule has 1 aromatic carbocycles. The molecule has 0 aromatic heterocycles. The summed E-state index contributed by atoms with van der Waals surface area (Å²) in [6, 6.07) is 6.04. The third-order valence-electron chi connectivity index (χ3n) is 2.84. The number of hydrogen-bond acceptors (Lipinski definition) is 4. The average molecular weight is 301 g/mol. The molecule has 1 atom stereocenters. The van der Waals surface area contributed by atoms with E-state index in [1.165, 1.54) is 12.1 Å². The smallest absolute Gasteiger partial charge is 0.303 e. The number of benzene rings is 1. The van der Waals surface area contributed by atoms with Crippen molar-refractivity contribution in [2.75, 3.05) is 6.54 Å². The standard InChI is InChI=1S/C13H19NO5S/c1-2-11(15)9-14-20(18,19)12-6-3-10(4-7-12)5-8-13(16)17/h3-4,6-7,11,14-15H,2,5,8-9H2,1H3,(H,16,17). The number of aliphatic hydroxyl groups excluding tert-OH is 1. The van der Waals surface area contributed by atoms with Crippen LogP contribution >= 0.6 is 0 Å². The summed E-state index contributed by atoms with van der Waals surface area (Å²) in [5.74, 6) is -0.892. The van der Waals surface area contributed by atoms with E-state index in [0.29, 0.717) is 12.8 Å². The normalized spacial score (nSPS) is 13.1. The molecule has 0 saturated heterocycles. The van der Waals surface area contributed by atoms with Gasteiger partial charge in [0, 0.05) is 13.0 Å². The number of aryl methyl sites for hydroxylation is 1. The van der Waals surface area contributed by atoms with Gasteiger partial charge in [-0.05, 0) is 30.5 Å². The fraction of sp³-hybridized carbons (Fsp3) is 0.462. The zero-order chi connectivity index (χ0) is 15.2. The number of rotatable bonds is 8. The van der Waals surface area contributed by atoms with E-state index < -0.39 is 22.1 Å². The highest BCUT2D eigenvalue weighted by Gasteiger charge is 2.15. The van der Waals surface area contributed by atoms with E-state index in [2.05, 4.69) is 4.72 Å². The van der Waals surface area contributed by atoms with Gasteiger partial charge in [0.15, 0.2) is 0 Å². The van der Waals surface area contributed by atoms with Gasteiger partial charge >= 0.3 is 5.97 Å². The molecule has 0 spiro atoms. The molecule has 112 valence electrons. The number of hydrogen-bond donors (Lipinski definition) is 3. The number of sulfonamides is 1. The summed E-state index contributed by atoms with van der Waals surface area (Å²) in [4.78, 5) is 10.5. The Bertz CT molecular complexity index is 538. The van der Waals surface area contributed by atoms with E-state index in [9.17, 15) is 18.3 Å². The Morgan fingerprint density at radius 1 is 1.30 bits per heavy atom. The zero-order valence-corrected chi connectivity index (χ0v) is 12.1. The Morgan fingerprint density at radius 2 is 1.90 bits per heavy atom. The summed E-state index contributed by atoms with van der Waals surface area (Å²) in [6.45, 7) is 1.73. The van der Waals surface area contributed by atoms with Crippen LogP contribution in [0.4, 0.5) is 0 Å². The third kappa shape index (κ3) is 5.28. The van der Waals surface area contributed by atoms with Crippen molar-refractivity contribution in [3.63, 3.8) is 0 Å². The number of aliphatic hydroxyl groups is 1. The first kappa shape index (κ1) is 16.6. The van der Waals surface area contributed by atoms with Gasteiger partial charge in [-0.15, -0.1) is 0 Å². The Labute approximate surface area is 118 Å². The predicted octanol–water partition coefficient (Wildman–Crippen LogP) is 0.753. The molecule has 0 saturated carbocycles. The van der Waals surface area contributed by atoms with E-state index >= 15 is 0 Å². The Hall–Kier alpha value is -1.44. The van der Waals surface area contributed by atoms with Crippen LogP contribution in [0.25, 0.3) is 0 Å². The minimum absolute atomic E-state index is 0.00698. The van der Waals surface area contributed by atoms with Crippen LogP contribution in [0.1, 0.15) is 25.3 Å². The molecule has 20 heavy (non-hydrogen) atoms. The molecule has 0 radical (unpaired) electrons. The maximum atomic E-state index is 11.9. The summed E-state index contributed by atoms with van der Waals surface area (Å²) in [7, 11) is -3.64. The molecule has 0 aliphatic rings. The van der Waals surface area contributed by atoms with Crippen LogP contribution in [-0.2, 0) is 21.2 Å². The molecule has 0 amide bonds. The summed E-state index contributed by atoms with van der Waals surface area (Å²) >= 11 is 0. The van der Waals surface area contributed by atoms with E-state index in [4.69, 9.17) is 5.11 Å². The number of carboxylic acid groups (broad SMARTS) is 1. The van der Waals surface area contributed by atoms with Gasteiger partial charge in [0.1, 0.15) is 0 Å². The maximum absolute atomic E-state index is 11.9. The average Bonchev–Trinajstić information content (AvgIpc) is 2.43. The highest BCUT2D eigenvalue weighted by molar-refractivity contribution is 7.89. The van der Waals surface area contributed by atoms with Crippen LogP contribution in [0.2, 0.25) is 0 Å². The molecule has 0 aliphatic carbocycles. The summed E-state index contributed by atoms with van der Waals surface area (Å²) in [5, 5.41) is 17.9. The fourth-order valence-corrected chi connectivity index (χ4v) is 2.59. The van der Waals surface area contributed by atoms with E-state index in [1.807, 2.05) is 0 Å². The van der Waals surface area contributed by atoms with Gasteiger partial charge in [-0.1, -0.05) is 19.1 Å². The highest BCUT2D eigenvalue weighted by Crippen LogP contribution is 2.12. The Morgan fingerprint density at radius 3 is 2.40 bits per heavy atom. The van der Waals surface area contributed by atoms with Crippen molar-refractivity contribution in [1.82, 2.24) is 4.72 Å². The minimum atomic E-state index is -3.64. The van der Waals surface area contributed by atoms with Crippen molar-refractivity contribution in [3.8, 4) is 0 Å². The van der Waals surface area contributed by atoms with Crippen molar-refractivity contribution in [1.29, 1.82) is 0 Å². The van der Waals surface area contributed by atoms with Gasteiger partial charge in [-0.2, -0.15) is 0 Å². The second-order valence-electron chi connectivity index (χ2n) is 4.45. The van der Waals surface area contributed by atoms with Crippen LogP contribution in [0, 0.1) is 0 Å². The second kappa shape index (κ2) is 7.37. The van der Waals surface area contributed by atoms with Crippen LogP contribution in [0.3, 0.4) is 0 Å². The zero-order valence-electron chi connectivity index (χ0n) is 11.2. The quantitative estimate of drug-likeness (QED) is 0.657. The number of nitrogens with one attached hydrogen (secondary N) is 1. The molecular weight excluding hydrogens is 282 g/mol. The lowest BCUT2D eigenvalue weighted by Gasteiger charge is -2.10. The van der Waals surface area contributed by atoms with Gasteiger partial charge in [0.05, 0.1) is 11.0 Å².